The van der Waals surface area contributed by atoms with Crippen molar-refractivity contribution in [1.29, 1.82) is 0 Å². The Morgan fingerprint density at radius 1 is 1.07 bits per heavy atom. The lowest BCUT2D eigenvalue weighted by Crippen LogP contribution is -2.46. The van der Waals surface area contributed by atoms with Crippen molar-refractivity contribution in [2.45, 2.75) is 19.0 Å². The Kier molecular flexibility index (Phi) is 7.90. The van der Waals surface area contributed by atoms with Gasteiger partial charge in [0, 0.05) is 26.7 Å². The summed E-state index contributed by atoms with van der Waals surface area (Å²) >= 11 is 0. The molecule has 2 aromatic carbocycles. The van der Waals surface area contributed by atoms with Crippen molar-refractivity contribution in [2.24, 2.45) is 4.99 Å². The largest absolute Gasteiger partial charge is 0.497 e. The number of benzene rings is 2. The summed E-state index contributed by atoms with van der Waals surface area (Å²) in [5, 5.41) is 7.01. The van der Waals surface area contributed by atoms with Crippen LogP contribution in [0.5, 0.6) is 5.75 Å². The molecule has 1 aliphatic heterocycles. The van der Waals surface area contributed by atoms with Gasteiger partial charge < -0.3 is 20.1 Å². The zero-order chi connectivity index (χ0) is 20.5. The number of methoxy groups -OCH3 is 1. The maximum Gasteiger partial charge on any atom is 0.191 e. The first-order valence-corrected chi connectivity index (χ1v) is 10.2. The molecule has 0 saturated carbocycles. The van der Waals surface area contributed by atoms with Crippen LogP contribution in [0.1, 0.15) is 30.1 Å². The molecule has 156 valence electrons. The first-order chi connectivity index (χ1) is 14.2. The highest BCUT2D eigenvalue weighted by atomic mass is 16.5. The molecule has 1 aliphatic rings. The SMILES string of the molecule is CN=C(NCC(c1ccc(OC)cc1)N1CCOCC1)NC(C)c1ccccc1. The molecule has 1 fully saturated rings. The Hall–Kier alpha value is -2.57. The highest BCUT2D eigenvalue weighted by Gasteiger charge is 2.23. The molecule has 0 aromatic heterocycles. The molecule has 29 heavy (non-hydrogen) atoms. The Bertz CT molecular complexity index is 758. The summed E-state index contributed by atoms with van der Waals surface area (Å²) in [6.45, 7) is 6.28. The van der Waals surface area contributed by atoms with Gasteiger partial charge in [0.15, 0.2) is 5.96 Å². The van der Waals surface area contributed by atoms with E-state index in [0.29, 0.717) is 0 Å². The average Bonchev–Trinajstić information content (AvgIpc) is 2.80. The quantitative estimate of drug-likeness (QED) is 0.557. The zero-order valence-electron chi connectivity index (χ0n) is 17.6. The van der Waals surface area contributed by atoms with Crippen LogP contribution in [-0.2, 0) is 4.74 Å². The molecule has 0 aliphatic carbocycles. The summed E-state index contributed by atoms with van der Waals surface area (Å²) < 4.78 is 10.9. The minimum absolute atomic E-state index is 0.172. The molecule has 0 bridgehead atoms. The van der Waals surface area contributed by atoms with Gasteiger partial charge in [-0.25, -0.2) is 0 Å². The molecule has 1 heterocycles. The third-order valence-electron chi connectivity index (χ3n) is 5.33. The summed E-state index contributed by atoms with van der Waals surface area (Å²) in [5.74, 6) is 1.67. The fourth-order valence-corrected chi connectivity index (χ4v) is 3.59. The van der Waals surface area contributed by atoms with E-state index in [2.05, 4.69) is 63.8 Å². The van der Waals surface area contributed by atoms with E-state index in [-0.39, 0.29) is 12.1 Å². The lowest BCUT2D eigenvalue weighted by molar-refractivity contribution is 0.0170. The number of nitrogens with one attached hydrogen (secondary N) is 2. The Morgan fingerprint density at radius 3 is 2.38 bits per heavy atom. The van der Waals surface area contributed by atoms with Gasteiger partial charge in [0.2, 0.25) is 0 Å². The Morgan fingerprint density at radius 2 is 1.76 bits per heavy atom. The average molecular weight is 397 g/mol. The summed E-state index contributed by atoms with van der Waals surface area (Å²) in [6, 6.07) is 19.1. The summed E-state index contributed by atoms with van der Waals surface area (Å²) in [5.41, 5.74) is 2.49. The van der Waals surface area contributed by atoms with Gasteiger partial charge in [-0.2, -0.15) is 0 Å². The normalized spacial score (nSPS) is 17.4. The molecule has 6 nitrogen and oxygen atoms in total. The van der Waals surface area contributed by atoms with Crippen LogP contribution in [0, 0.1) is 0 Å². The van der Waals surface area contributed by atoms with Crippen molar-refractivity contribution in [3.63, 3.8) is 0 Å². The van der Waals surface area contributed by atoms with Crippen LogP contribution < -0.4 is 15.4 Å². The van der Waals surface area contributed by atoms with E-state index < -0.39 is 0 Å². The highest BCUT2D eigenvalue weighted by molar-refractivity contribution is 5.80. The van der Waals surface area contributed by atoms with Gasteiger partial charge in [0.1, 0.15) is 5.75 Å². The minimum Gasteiger partial charge on any atom is -0.497 e. The molecule has 2 unspecified atom stereocenters. The fraction of sp³-hybridized carbons (Fsp3) is 0.435. The predicted octanol–water partition coefficient (Wildman–Crippen LogP) is 2.99. The zero-order valence-corrected chi connectivity index (χ0v) is 17.6. The van der Waals surface area contributed by atoms with Gasteiger partial charge in [-0.15, -0.1) is 0 Å². The number of hydrogen-bond acceptors (Lipinski definition) is 4. The second-order valence-electron chi connectivity index (χ2n) is 7.17. The first-order valence-electron chi connectivity index (χ1n) is 10.2. The molecular formula is C23H32N4O2. The van der Waals surface area contributed by atoms with Crippen LogP contribution in [0.4, 0.5) is 0 Å². The van der Waals surface area contributed by atoms with Crippen molar-refractivity contribution in [1.82, 2.24) is 15.5 Å². The topological polar surface area (TPSA) is 58.1 Å². The molecule has 0 spiro atoms. The molecule has 2 atom stereocenters. The summed E-state index contributed by atoms with van der Waals surface area (Å²) in [6.07, 6.45) is 0. The number of morpholine rings is 1. The number of nitrogens with zero attached hydrogens (tertiary/aromatic N) is 2. The van der Waals surface area contributed by atoms with Crippen molar-refractivity contribution in [2.75, 3.05) is 47.0 Å². The summed E-state index contributed by atoms with van der Waals surface area (Å²) in [4.78, 5) is 6.89. The molecule has 1 saturated heterocycles. The van der Waals surface area contributed by atoms with Crippen LogP contribution in [0.15, 0.2) is 59.6 Å². The number of hydrogen-bond donors (Lipinski definition) is 2. The van der Waals surface area contributed by atoms with Crippen molar-refractivity contribution in [3.8, 4) is 5.75 Å². The van der Waals surface area contributed by atoms with E-state index in [0.717, 1.165) is 44.6 Å². The molecule has 2 N–H and O–H groups in total. The Labute approximate surface area is 173 Å². The molecular weight excluding hydrogens is 364 g/mol. The second-order valence-corrected chi connectivity index (χ2v) is 7.17. The highest BCUT2D eigenvalue weighted by Crippen LogP contribution is 2.23. The maximum atomic E-state index is 5.55. The van der Waals surface area contributed by atoms with E-state index in [9.17, 15) is 0 Å². The van der Waals surface area contributed by atoms with Crippen LogP contribution in [0.3, 0.4) is 0 Å². The van der Waals surface area contributed by atoms with E-state index >= 15 is 0 Å². The molecule has 0 radical (unpaired) electrons. The molecule has 6 heteroatoms. The van der Waals surface area contributed by atoms with E-state index in [1.54, 1.807) is 7.11 Å². The van der Waals surface area contributed by atoms with E-state index in [1.807, 2.05) is 25.2 Å². The second kappa shape index (κ2) is 10.8. The van der Waals surface area contributed by atoms with Crippen LogP contribution >= 0.6 is 0 Å². The fourth-order valence-electron chi connectivity index (χ4n) is 3.59. The monoisotopic (exact) mass is 396 g/mol. The van der Waals surface area contributed by atoms with E-state index in [4.69, 9.17) is 9.47 Å². The van der Waals surface area contributed by atoms with Crippen molar-refractivity contribution >= 4 is 5.96 Å². The van der Waals surface area contributed by atoms with Crippen molar-refractivity contribution in [3.05, 3.63) is 65.7 Å². The summed E-state index contributed by atoms with van der Waals surface area (Å²) in [7, 11) is 3.50. The number of guanidine groups is 1. The lowest BCUT2D eigenvalue weighted by atomic mass is 10.0. The van der Waals surface area contributed by atoms with Crippen molar-refractivity contribution < 1.29 is 9.47 Å². The van der Waals surface area contributed by atoms with Gasteiger partial charge in [0.05, 0.1) is 32.4 Å². The van der Waals surface area contributed by atoms with Gasteiger partial charge in [-0.3, -0.25) is 9.89 Å². The standard InChI is InChI=1S/C23H32N4O2/c1-18(19-7-5-4-6-8-19)26-23(24-2)25-17-22(27-13-15-29-16-14-27)20-9-11-21(28-3)12-10-20/h4-12,18,22H,13-17H2,1-3H3,(H2,24,25,26). The number of rotatable bonds is 7. The lowest BCUT2D eigenvalue weighted by Gasteiger charge is -2.35. The maximum absolute atomic E-state index is 5.55. The minimum atomic E-state index is 0.172. The van der Waals surface area contributed by atoms with E-state index in [1.165, 1.54) is 11.1 Å². The smallest absolute Gasteiger partial charge is 0.191 e. The number of aliphatic imine (C=N–C) groups is 1. The van der Waals surface area contributed by atoms with Crippen LogP contribution in [0.25, 0.3) is 0 Å². The molecule has 0 amide bonds. The van der Waals surface area contributed by atoms with Gasteiger partial charge in [0.25, 0.3) is 0 Å². The van der Waals surface area contributed by atoms with Gasteiger partial charge in [-0.05, 0) is 30.2 Å². The first kappa shape index (κ1) is 21.1. The third kappa shape index (κ3) is 5.95. The van der Waals surface area contributed by atoms with Gasteiger partial charge in [-0.1, -0.05) is 42.5 Å². The Balaban J connectivity index is 1.67. The van der Waals surface area contributed by atoms with Gasteiger partial charge >= 0.3 is 0 Å². The third-order valence-corrected chi connectivity index (χ3v) is 5.33. The van der Waals surface area contributed by atoms with Crippen LogP contribution in [0.2, 0.25) is 0 Å². The van der Waals surface area contributed by atoms with Crippen LogP contribution in [-0.4, -0.2) is 57.9 Å². The molecule has 3 rings (SSSR count). The predicted molar refractivity (Wildman–Crippen MR) is 117 cm³/mol. The molecule has 2 aromatic rings. The number of ether oxygens (including phenoxy) is 2.